The van der Waals surface area contributed by atoms with Crippen molar-refractivity contribution in [3.05, 3.63) is 75.5 Å². The van der Waals surface area contributed by atoms with E-state index < -0.39 is 0 Å². The summed E-state index contributed by atoms with van der Waals surface area (Å²) in [6, 6.07) is 17.8. The number of halogens is 1. The molecule has 20 heavy (non-hydrogen) atoms. The largest absolute Gasteiger partial charge is 0.288 e. The monoisotopic (exact) mass is 298 g/mol. The van der Waals surface area contributed by atoms with E-state index in [0.29, 0.717) is 9.21 Å². The van der Waals surface area contributed by atoms with Crippen LogP contribution >= 0.6 is 22.9 Å². The Morgan fingerprint density at radius 1 is 1.00 bits per heavy atom. The molecular weight excluding hydrogens is 288 g/mol. The van der Waals surface area contributed by atoms with Gasteiger partial charge in [0.1, 0.15) is 0 Å². The van der Waals surface area contributed by atoms with Gasteiger partial charge in [-0.1, -0.05) is 54.1 Å². The maximum Gasteiger partial charge on any atom is 0.195 e. The fourth-order valence-corrected chi connectivity index (χ4v) is 2.98. The van der Waals surface area contributed by atoms with Crippen LogP contribution in [0.3, 0.4) is 0 Å². The number of fused-ring (bicyclic) bond motifs is 1. The Hall–Kier alpha value is -1.90. The topological polar surface area (TPSA) is 17.1 Å². The number of carbonyl (C=O) groups is 1. The highest BCUT2D eigenvalue weighted by atomic mass is 35.5. The van der Waals surface area contributed by atoms with Crippen molar-refractivity contribution in [3.8, 4) is 0 Å². The minimum absolute atomic E-state index is 0.0185. The van der Waals surface area contributed by atoms with Gasteiger partial charge in [-0.15, -0.1) is 11.3 Å². The lowest BCUT2D eigenvalue weighted by Gasteiger charge is -1.98. The Bertz CT molecular complexity index is 801. The first-order chi connectivity index (χ1) is 9.72. The third kappa shape index (κ3) is 2.82. The van der Waals surface area contributed by atoms with Crippen LogP contribution in [0.2, 0.25) is 4.34 Å². The molecule has 0 N–H and O–H groups in total. The summed E-state index contributed by atoms with van der Waals surface area (Å²) in [7, 11) is 0. The van der Waals surface area contributed by atoms with Crippen molar-refractivity contribution in [1.29, 1.82) is 0 Å². The molecule has 2 aromatic carbocycles. The van der Waals surface area contributed by atoms with Crippen molar-refractivity contribution in [3.63, 3.8) is 0 Å². The number of ketones is 1. The molecule has 1 aromatic heterocycles. The molecule has 0 unspecified atom stereocenters. The van der Waals surface area contributed by atoms with Gasteiger partial charge in [0.2, 0.25) is 0 Å². The second-order valence-corrected chi connectivity index (χ2v) is 6.12. The van der Waals surface area contributed by atoms with Crippen LogP contribution in [0.4, 0.5) is 0 Å². The van der Waals surface area contributed by atoms with Crippen LogP contribution in [0, 0.1) is 0 Å². The van der Waals surface area contributed by atoms with E-state index in [4.69, 9.17) is 11.6 Å². The van der Waals surface area contributed by atoms with Gasteiger partial charge in [0.25, 0.3) is 0 Å². The zero-order valence-corrected chi connectivity index (χ0v) is 12.1. The number of rotatable bonds is 3. The molecule has 3 rings (SSSR count). The highest BCUT2D eigenvalue weighted by molar-refractivity contribution is 7.18. The van der Waals surface area contributed by atoms with Crippen LogP contribution < -0.4 is 0 Å². The molecule has 0 amide bonds. The minimum atomic E-state index is -0.0185. The van der Waals surface area contributed by atoms with Crippen molar-refractivity contribution < 1.29 is 4.79 Å². The van der Waals surface area contributed by atoms with E-state index in [1.807, 2.05) is 24.3 Å². The second kappa shape index (κ2) is 5.61. The molecule has 1 nitrogen and oxygen atoms in total. The fraction of sp³-hybridized carbons (Fsp3) is 0. The Labute approximate surface area is 126 Å². The average Bonchev–Trinajstić information content (AvgIpc) is 2.91. The van der Waals surface area contributed by atoms with Gasteiger partial charge in [-0.25, -0.2) is 0 Å². The predicted molar refractivity (Wildman–Crippen MR) is 86.6 cm³/mol. The number of hydrogen-bond donors (Lipinski definition) is 0. The molecule has 0 aliphatic carbocycles. The number of allylic oxidation sites excluding steroid dienone is 1. The van der Waals surface area contributed by atoms with Gasteiger partial charge in [-0.2, -0.15) is 0 Å². The summed E-state index contributed by atoms with van der Waals surface area (Å²) >= 11 is 7.13. The van der Waals surface area contributed by atoms with Crippen LogP contribution in [0.1, 0.15) is 15.2 Å². The number of hydrogen-bond acceptors (Lipinski definition) is 2. The van der Waals surface area contributed by atoms with Crippen LogP contribution in [-0.2, 0) is 0 Å². The van der Waals surface area contributed by atoms with Gasteiger partial charge >= 0.3 is 0 Å². The van der Waals surface area contributed by atoms with Gasteiger partial charge in [-0.3, -0.25) is 4.79 Å². The second-order valence-electron chi connectivity index (χ2n) is 4.41. The third-order valence-corrected chi connectivity index (χ3v) is 4.26. The molecule has 0 bridgehead atoms. The SMILES string of the molecule is O=C(/C=C/c1ccc2ccccc2c1)c1ccc(Cl)s1. The number of carbonyl (C=O) groups excluding carboxylic acids is 1. The van der Waals surface area contributed by atoms with E-state index in [9.17, 15) is 4.79 Å². The Morgan fingerprint density at radius 2 is 1.80 bits per heavy atom. The van der Waals surface area contributed by atoms with Gasteiger partial charge in [0.05, 0.1) is 9.21 Å². The van der Waals surface area contributed by atoms with Crippen LogP contribution in [0.25, 0.3) is 16.8 Å². The Balaban J connectivity index is 1.85. The van der Waals surface area contributed by atoms with Crippen LogP contribution in [0.15, 0.2) is 60.7 Å². The van der Waals surface area contributed by atoms with Crippen molar-refractivity contribution in [2.45, 2.75) is 0 Å². The third-order valence-electron chi connectivity index (χ3n) is 3.02. The molecule has 3 aromatic rings. The van der Waals surface area contributed by atoms with Gasteiger partial charge < -0.3 is 0 Å². The lowest BCUT2D eigenvalue weighted by Crippen LogP contribution is -1.88. The smallest absolute Gasteiger partial charge is 0.195 e. The summed E-state index contributed by atoms with van der Waals surface area (Å²) in [5.41, 5.74) is 1.01. The molecule has 0 spiro atoms. The highest BCUT2D eigenvalue weighted by Gasteiger charge is 2.04. The lowest BCUT2D eigenvalue weighted by atomic mass is 10.1. The van der Waals surface area contributed by atoms with Crippen molar-refractivity contribution in [1.82, 2.24) is 0 Å². The van der Waals surface area contributed by atoms with Crippen LogP contribution in [0.5, 0.6) is 0 Å². The molecule has 0 aliphatic heterocycles. The zero-order valence-electron chi connectivity index (χ0n) is 10.5. The van der Waals surface area contributed by atoms with E-state index in [-0.39, 0.29) is 5.78 Å². The first-order valence-electron chi connectivity index (χ1n) is 6.19. The van der Waals surface area contributed by atoms with E-state index in [1.54, 1.807) is 18.2 Å². The van der Waals surface area contributed by atoms with E-state index in [2.05, 4.69) is 24.3 Å². The summed E-state index contributed by atoms with van der Waals surface area (Å²) in [4.78, 5) is 12.6. The standard InChI is InChI=1S/C17H11ClOS/c18-17-10-9-16(20-17)15(19)8-6-12-5-7-13-3-1-2-4-14(13)11-12/h1-11H/b8-6+. The van der Waals surface area contributed by atoms with Crippen molar-refractivity contribution in [2.75, 3.05) is 0 Å². The summed E-state index contributed by atoms with van der Waals surface area (Å²) in [5, 5.41) is 2.36. The highest BCUT2D eigenvalue weighted by Crippen LogP contribution is 2.22. The first kappa shape index (κ1) is 13.1. The average molecular weight is 299 g/mol. The fourth-order valence-electron chi connectivity index (χ4n) is 2.01. The van der Waals surface area contributed by atoms with Gasteiger partial charge in [0.15, 0.2) is 5.78 Å². The molecule has 0 aliphatic rings. The minimum Gasteiger partial charge on any atom is -0.288 e. The number of benzene rings is 2. The van der Waals surface area contributed by atoms with Gasteiger partial charge in [0, 0.05) is 0 Å². The lowest BCUT2D eigenvalue weighted by molar-refractivity contribution is 0.105. The molecule has 0 saturated heterocycles. The summed E-state index contributed by atoms with van der Waals surface area (Å²) < 4.78 is 0.632. The molecule has 0 atom stereocenters. The molecule has 1 heterocycles. The van der Waals surface area contributed by atoms with E-state index >= 15 is 0 Å². The molecule has 0 saturated carbocycles. The quantitative estimate of drug-likeness (QED) is 0.464. The first-order valence-corrected chi connectivity index (χ1v) is 7.38. The Morgan fingerprint density at radius 3 is 2.55 bits per heavy atom. The number of thiophene rings is 1. The normalized spacial score (nSPS) is 11.2. The Kier molecular flexibility index (Phi) is 3.68. The van der Waals surface area contributed by atoms with E-state index in [1.165, 1.54) is 22.1 Å². The molecule has 0 fully saturated rings. The molecule has 0 radical (unpaired) electrons. The van der Waals surface area contributed by atoms with Crippen molar-refractivity contribution >= 4 is 45.6 Å². The summed E-state index contributed by atoms with van der Waals surface area (Å²) in [5.74, 6) is -0.0185. The van der Waals surface area contributed by atoms with Crippen LogP contribution in [-0.4, -0.2) is 5.78 Å². The summed E-state index contributed by atoms with van der Waals surface area (Å²) in [6.45, 7) is 0. The van der Waals surface area contributed by atoms with E-state index in [0.717, 1.165) is 5.56 Å². The molecular formula is C17H11ClOS. The van der Waals surface area contributed by atoms with Gasteiger partial charge in [-0.05, 0) is 40.6 Å². The summed E-state index contributed by atoms with van der Waals surface area (Å²) in [6.07, 6.45) is 3.43. The maximum atomic E-state index is 12.0. The van der Waals surface area contributed by atoms with Crippen molar-refractivity contribution in [2.24, 2.45) is 0 Å². The molecule has 98 valence electrons. The molecule has 3 heteroatoms. The predicted octanol–water partition coefficient (Wildman–Crippen LogP) is 5.45. The maximum absolute atomic E-state index is 12.0. The zero-order chi connectivity index (χ0) is 13.9.